The number of carbonyl (C=O) groups is 1. The van der Waals surface area contributed by atoms with E-state index in [4.69, 9.17) is 0 Å². The average molecular weight is 460 g/mol. The predicted molar refractivity (Wildman–Crippen MR) is 136 cm³/mol. The molecule has 1 atom stereocenters. The second-order valence-electron chi connectivity index (χ2n) is 9.27. The van der Waals surface area contributed by atoms with E-state index in [-0.39, 0.29) is 18.1 Å². The van der Waals surface area contributed by atoms with Crippen molar-refractivity contribution in [3.05, 3.63) is 93.2 Å². The molecule has 0 saturated carbocycles. The smallest absolute Gasteiger partial charge is 0.318 e. The van der Waals surface area contributed by atoms with E-state index in [0.29, 0.717) is 0 Å². The summed E-state index contributed by atoms with van der Waals surface area (Å²) in [5.41, 5.74) is 3.83. The molecule has 2 amide bonds. The van der Waals surface area contributed by atoms with E-state index in [2.05, 4.69) is 88.8 Å². The number of urea groups is 1. The van der Waals surface area contributed by atoms with Crippen LogP contribution in [-0.2, 0) is 13.0 Å². The zero-order valence-electron chi connectivity index (χ0n) is 19.4. The van der Waals surface area contributed by atoms with Gasteiger partial charge in [0.25, 0.3) is 0 Å². The third-order valence-corrected chi connectivity index (χ3v) is 7.99. The van der Waals surface area contributed by atoms with Gasteiger partial charge >= 0.3 is 6.03 Å². The standard InChI is InChI=1S/C28H33N3OS/c1-21-13-14-25(33-21)20-30-18-15-24(16-19-30)31-27(23-9-3-2-4-10-23)26-12-6-5-8-22(26)11-7-17-29-28(31)32/h2-6,8-10,12-14,24,27H,7,11,15-20H2,1H3,(H,29,32). The van der Waals surface area contributed by atoms with Crippen LogP contribution in [0.2, 0.25) is 0 Å². The Morgan fingerprint density at radius 3 is 2.48 bits per heavy atom. The van der Waals surface area contributed by atoms with Crippen molar-refractivity contribution >= 4 is 17.4 Å². The summed E-state index contributed by atoms with van der Waals surface area (Å²) in [4.78, 5) is 21.1. The lowest BCUT2D eigenvalue weighted by Gasteiger charge is -2.43. The van der Waals surface area contributed by atoms with E-state index in [0.717, 1.165) is 51.9 Å². The minimum atomic E-state index is -0.0583. The Morgan fingerprint density at radius 1 is 0.970 bits per heavy atom. The van der Waals surface area contributed by atoms with E-state index >= 15 is 0 Å². The normalized spacial score (nSPS) is 20.5. The molecule has 2 aromatic carbocycles. The maximum Gasteiger partial charge on any atom is 0.318 e. The first kappa shape index (κ1) is 22.2. The van der Waals surface area contributed by atoms with Gasteiger partial charge in [-0.05, 0) is 61.4 Å². The van der Waals surface area contributed by atoms with Gasteiger partial charge in [-0.25, -0.2) is 4.79 Å². The largest absolute Gasteiger partial charge is 0.338 e. The number of aryl methyl sites for hydroxylation is 2. The molecule has 0 aliphatic carbocycles. The van der Waals surface area contributed by atoms with Crippen LogP contribution < -0.4 is 5.32 Å². The van der Waals surface area contributed by atoms with Crippen LogP contribution in [0.3, 0.4) is 0 Å². The number of hydrogen-bond acceptors (Lipinski definition) is 3. The molecule has 1 aromatic heterocycles. The first-order chi connectivity index (χ1) is 16.2. The quantitative estimate of drug-likeness (QED) is 0.538. The van der Waals surface area contributed by atoms with Gasteiger partial charge in [0.2, 0.25) is 0 Å². The van der Waals surface area contributed by atoms with Gasteiger partial charge in [0, 0.05) is 42.0 Å². The second-order valence-corrected chi connectivity index (χ2v) is 10.6. The Hall–Kier alpha value is -2.63. The minimum Gasteiger partial charge on any atom is -0.338 e. The molecule has 2 aliphatic rings. The van der Waals surface area contributed by atoms with Crippen molar-refractivity contribution in [1.29, 1.82) is 0 Å². The fraction of sp³-hybridized carbons (Fsp3) is 0.393. The molecule has 3 aromatic rings. The molecular weight excluding hydrogens is 426 g/mol. The number of fused-ring (bicyclic) bond motifs is 1. The highest BCUT2D eigenvalue weighted by atomic mass is 32.1. The van der Waals surface area contributed by atoms with Gasteiger partial charge < -0.3 is 10.2 Å². The lowest BCUT2D eigenvalue weighted by Crippen LogP contribution is -2.52. The third-order valence-electron chi connectivity index (χ3n) is 7.00. The fourth-order valence-corrected chi connectivity index (χ4v) is 6.29. The maximum atomic E-state index is 13.6. The molecule has 172 valence electrons. The molecule has 4 nitrogen and oxygen atoms in total. The zero-order valence-corrected chi connectivity index (χ0v) is 20.2. The molecular formula is C28H33N3OS. The molecule has 1 fully saturated rings. The van der Waals surface area contributed by atoms with Crippen LogP contribution in [0.1, 0.15) is 51.7 Å². The minimum absolute atomic E-state index is 0.0583. The molecule has 0 spiro atoms. The monoisotopic (exact) mass is 459 g/mol. The van der Waals surface area contributed by atoms with Crippen molar-refractivity contribution in [2.24, 2.45) is 0 Å². The van der Waals surface area contributed by atoms with Crippen molar-refractivity contribution in [1.82, 2.24) is 15.1 Å². The van der Waals surface area contributed by atoms with Gasteiger partial charge in [0.15, 0.2) is 0 Å². The summed E-state index contributed by atoms with van der Waals surface area (Å²) in [6.45, 7) is 5.96. The molecule has 1 unspecified atom stereocenters. The Kier molecular flexibility index (Phi) is 6.79. The topological polar surface area (TPSA) is 35.6 Å². The highest BCUT2D eigenvalue weighted by Gasteiger charge is 2.36. The SMILES string of the molecule is Cc1ccc(CN2CCC(N3C(=O)NCCCc4ccccc4C3c3ccccc3)CC2)s1. The van der Waals surface area contributed by atoms with E-state index in [1.165, 1.54) is 26.4 Å². The van der Waals surface area contributed by atoms with Crippen molar-refractivity contribution in [2.45, 2.75) is 51.2 Å². The number of carbonyl (C=O) groups excluding carboxylic acids is 1. The molecule has 1 saturated heterocycles. The number of likely N-dealkylation sites (tertiary alicyclic amines) is 1. The van der Waals surface area contributed by atoms with Crippen LogP contribution in [0, 0.1) is 6.92 Å². The molecule has 1 N–H and O–H groups in total. The van der Waals surface area contributed by atoms with Gasteiger partial charge in [-0.1, -0.05) is 54.6 Å². The molecule has 0 radical (unpaired) electrons. The van der Waals surface area contributed by atoms with Crippen LogP contribution in [0.25, 0.3) is 0 Å². The zero-order chi connectivity index (χ0) is 22.6. The average Bonchev–Trinajstić information content (AvgIpc) is 3.28. The number of piperidine rings is 1. The van der Waals surface area contributed by atoms with E-state index in [9.17, 15) is 4.79 Å². The lowest BCUT2D eigenvalue weighted by molar-refractivity contribution is 0.102. The van der Waals surface area contributed by atoms with Crippen LogP contribution in [-0.4, -0.2) is 41.5 Å². The molecule has 5 heteroatoms. The van der Waals surface area contributed by atoms with Crippen LogP contribution in [0.5, 0.6) is 0 Å². The van der Waals surface area contributed by atoms with Crippen LogP contribution in [0.4, 0.5) is 4.79 Å². The number of amides is 2. The second kappa shape index (κ2) is 10.1. The van der Waals surface area contributed by atoms with Gasteiger partial charge in [0.05, 0.1) is 6.04 Å². The molecule has 5 rings (SSSR count). The lowest BCUT2D eigenvalue weighted by atomic mass is 9.89. The predicted octanol–water partition coefficient (Wildman–Crippen LogP) is 5.77. The first-order valence-corrected chi connectivity index (χ1v) is 13.0. The van der Waals surface area contributed by atoms with E-state index < -0.39 is 0 Å². The Balaban J connectivity index is 1.44. The van der Waals surface area contributed by atoms with Crippen molar-refractivity contribution in [2.75, 3.05) is 19.6 Å². The van der Waals surface area contributed by atoms with Crippen molar-refractivity contribution in [3.63, 3.8) is 0 Å². The van der Waals surface area contributed by atoms with Crippen LogP contribution in [0.15, 0.2) is 66.7 Å². The molecule has 0 bridgehead atoms. The third kappa shape index (κ3) is 4.99. The number of nitrogens with zero attached hydrogens (tertiary/aromatic N) is 2. The number of rotatable bonds is 4. The molecule has 33 heavy (non-hydrogen) atoms. The van der Waals surface area contributed by atoms with E-state index in [1.807, 2.05) is 11.3 Å². The van der Waals surface area contributed by atoms with Gasteiger partial charge in [-0.15, -0.1) is 11.3 Å². The molecule has 3 heterocycles. The Morgan fingerprint density at radius 2 is 1.73 bits per heavy atom. The van der Waals surface area contributed by atoms with Gasteiger partial charge in [0.1, 0.15) is 0 Å². The van der Waals surface area contributed by atoms with Gasteiger partial charge in [-0.2, -0.15) is 0 Å². The number of hydrogen-bond donors (Lipinski definition) is 1. The summed E-state index contributed by atoms with van der Waals surface area (Å²) in [5.74, 6) is 0. The summed E-state index contributed by atoms with van der Waals surface area (Å²) in [7, 11) is 0. The van der Waals surface area contributed by atoms with E-state index in [1.54, 1.807) is 0 Å². The summed E-state index contributed by atoms with van der Waals surface area (Å²) < 4.78 is 0. The summed E-state index contributed by atoms with van der Waals surface area (Å²) in [5, 5.41) is 3.24. The van der Waals surface area contributed by atoms with Crippen molar-refractivity contribution < 1.29 is 4.79 Å². The Labute approximate surface area is 201 Å². The maximum absolute atomic E-state index is 13.6. The Bertz CT molecular complexity index is 1070. The van der Waals surface area contributed by atoms with Gasteiger partial charge in [-0.3, -0.25) is 4.90 Å². The molecule has 2 aliphatic heterocycles. The summed E-state index contributed by atoms with van der Waals surface area (Å²) in [6, 6.07) is 24.0. The van der Waals surface area contributed by atoms with Crippen molar-refractivity contribution in [3.8, 4) is 0 Å². The summed E-state index contributed by atoms with van der Waals surface area (Å²) >= 11 is 1.89. The summed E-state index contributed by atoms with van der Waals surface area (Å²) in [6.07, 6.45) is 3.97. The highest BCUT2D eigenvalue weighted by molar-refractivity contribution is 7.11. The fourth-order valence-electron chi connectivity index (χ4n) is 5.36. The first-order valence-electron chi connectivity index (χ1n) is 12.2. The number of thiophene rings is 1. The van der Waals surface area contributed by atoms with Crippen LogP contribution >= 0.6 is 11.3 Å². The number of nitrogens with one attached hydrogen (secondary N) is 1. The number of benzene rings is 2. The highest BCUT2D eigenvalue weighted by Crippen LogP contribution is 2.36.